The van der Waals surface area contributed by atoms with Crippen molar-refractivity contribution in [2.75, 3.05) is 7.11 Å². The molecule has 0 aliphatic rings. The summed E-state index contributed by atoms with van der Waals surface area (Å²) in [6, 6.07) is 13.7. The van der Waals surface area contributed by atoms with E-state index in [1.807, 2.05) is 0 Å². The van der Waals surface area contributed by atoms with E-state index >= 15 is 0 Å². The first-order valence-electron chi connectivity index (χ1n) is 7.99. The molecular formula is C19H14FN3O3S. The van der Waals surface area contributed by atoms with Gasteiger partial charge in [-0.25, -0.2) is 26.7 Å². The summed E-state index contributed by atoms with van der Waals surface area (Å²) in [6.07, 6.45) is 2.66. The highest BCUT2D eigenvalue weighted by atomic mass is 32.2. The third-order valence-corrected chi connectivity index (χ3v) is 5.85. The van der Waals surface area contributed by atoms with Gasteiger partial charge in [-0.2, -0.15) is 0 Å². The Morgan fingerprint density at radius 3 is 2.56 bits per heavy atom. The standard InChI is InChI=1S/C19H14FN3O3S/c1-26-17-8-7-13(20)11-16(17)18-15-9-10-23(19(15)22-12-21-18)27(24,25)14-5-3-2-4-6-14/h2-12H,1H3. The molecule has 0 aliphatic carbocycles. The van der Waals surface area contributed by atoms with Gasteiger partial charge in [0.2, 0.25) is 0 Å². The number of hydrogen-bond acceptors (Lipinski definition) is 5. The van der Waals surface area contributed by atoms with Crippen LogP contribution in [0.2, 0.25) is 0 Å². The molecule has 4 rings (SSSR count). The summed E-state index contributed by atoms with van der Waals surface area (Å²) in [5, 5.41) is 0.473. The van der Waals surface area contributed by atoms with Crippen molar-refractivity contribution in [1.29, 1.82) is 0 Å². The molecule has 0 aliphatic heterocycles. The summed E-state index contributed by atoms with van der Waals surface area (Å²) in [6.45, 7) is 0. The molecule has 2 aromatic carbocycles. The highest BCUT2D eigenvalue weighted by Crippen LogP contribution is 2.34. The normalized spacial score (nSPS) is 11.6. The molecule has 0 saturated carbocycles. The van der Waals surface area contributed by atoms with E-state index in [4.69, 9.17) is 4.74 Å². The van der Waals surface area contributed by atoms with Crippen LogP contribution < -0.4 is 4.74 Å². The fourth-order valence-corrected chi connectivity index (χ4v) is 4.23. The number of hydrogen-bond donors (Lipinski definition) is 0. The third-order valence-electron chi connectivity index (χ3n) is 4.16. The molecule has 0 amide bonds. The van der Waals surface area contributed by atoms with E-state index in [2.05, 4.69) is 9.97 Å². The highest BCUT2D eigenvalue weighted by molar-refractivity contribution is 7.90. The van der Waals surface area contributed by atoms with E-state index in [0.29, 0.717) is 22.4 Å². The van der Waals surface area contributed by atoms with Gasteiger partial charge in [-0.05, 0) is 36.4 Å². The second-order valence-corrected chi connectivity index (χ2v) is 7.55. The van der Waals surface area contributed by atoms with Crippen LogP contribution >= 0.6 is 0 Å². The van der Waals surface area contributed by atoms with Gasteiger partial charge in [0.25, 0.3) is 10.0 Å². The van der Waals surface area contributed by atoms with Crippen LogP contribution in [0.25, 0.3) is 22.3 Å². The van der Waals surface area contributed by atoms with Crippen molar-refractivity contribution in [3.05, 3.63) is 72.9 Å². The number of methoxy groups -OCH3 is 1. The van der Waals surface area contributed by atoms with Gasteiger partial charge < -0.3 is 4.74 Å². The quantitative estimate of drug-likeness (QED) is 0.539. The lowest BCUT2D eigenvalue weighted by Crippen LogP contribution is -2.12. The maximum atomic E-state index is 13.8. The molecule has 0 N–H and O–H groups in total. The van der Waals surface area contributed by atoms with Crippen molar-refractivity contribution in [3.63, 3.8) is 0 Å². The highest BCUT2D eigenvalue weighted by Gasteiger charge is 2.22. The zero-order chi connectivity index (χ0) is 19.0. The van der Waals surface area contributed by atoms with Gasteiger partial charge >= 0.3 is 0 Å². The lowest BCUT2D eigenvalue weighted by atomic mass is 10.1. The topological polar surface area (TPSA) is 74.1 Å². The van der Waals surface area contributed by atoms with Crippen LogP contribution in [-0.4, -0.2) is 29.5 Å². The lowest BCUT2D eigenvalue weighted by Gasteiger charge is -2.10. The predicted octanol–water partition coefficient (Wildman–Crippen LogP) is 3.48. The predicted molar refractivity (Wildman–Crippen MR) is 98.5 cm³/mol. The minimum Gasteiger partial charge on any atom is -0.496 e. The van der Waals surface area contributed by atoms with E-state index < -0.39 is 15.8 Å². The first-order chi connectivity index (χ1) is 13.0. The third kappa shape index (κ3) is 2.83. The summed E-state index contributed by atoms with van der Waals surface area (Å²) >= 11 is 0. The number of rotatable bonds is 4. The Morgan fingerprint density at radius 1 is 1.04 bits per heavy atom. The minimum atomic E-state index is -3.82. The minimum absolute atomic E-state index is 0.144. The molecule has 0 fully saturated rings. The fraction of sp³-hybridized carbons (Fsp3) is 0.0526. The van der Waals surface area contributed by atoms with Crippen molar-refractivity contribution in [3.8, 4) is 17.0 Å². The number of benzene rings is 2. The molecule has 0 spiro atoms. The fourth-order valence-electron chi connectivity index (χ4n) is 2.91. The molecule has 4 aromatic rings. The largest absolute Gasteiger partial charge is 0.496 e. The van der Waals surface area contributed by atoms with E-state index in [9.17, 15) is 12.8 Å². The molecule has 0 bridgehead atoms. The van der Waals surface area contributed by atoms with Crippen molar-refractivity contribution >= 4 is 21.1 Å². The van der Waals surface area contributed by atoms with Crippen LogP contribution in [-0.2, 0) is 10.0 Å². The Morgan fingerprint density at radius 2 is 1.81 bits per heavy atom. The van der Waals surface area contributed by atoms with Crippen molar-refractivity contribution in [2.24, 2.45) is 0 Å². The number of halogens is 1. The number of aromatic nitrogens is 3. The second kappa shape index (κ2) is 6.48. The van der Waals surface area contributed by atoms with Crippen LogP contribution in [0.4, 0.5) is 4.39 Å². The van der Waals surface area contributed by atoms with Gasteiger partial charge in [0, 0.05) is 17.1 Å². The van der Waals surface area contributed by atoms with Crippen LogP contribution in [0, 0.1) is 5.82 Å². The van der Waals surface area contributed by atoms with Crippen molar-refractivity contribution in [1.82, 2.24) is 13.9 Å². The maximum Gasteiger partial charge on any atom is 0.269 e. The maximum absolute atomic E-state index is 13.8. The summed E-state index contributed by atoms with van der Waals surface area (Å²) in [5.74, 6) is -0.0241. The number of ether oxygens (including phenoxy) is 1. The Labute approximate surface area is 154 Å². The molecule has 2 aromatic heterocycles. The Bertz CT molecular complexity index is 1240. The summed E-state index contributed by atoms with van der Waals surface area (Å²) in [7, 11) is -2.35. The lowest BCUT2D eigenvalue weighted by molar-refractivity contribution is 0.415. The van der Waals surface area contributed by atoms with Gasteiger partial charge in [0.1, 0.15) is 17.9 Å². The molecule has 0 unspecified atom stereocenters. The van der Waals surface area contributed by atoms with Gasteiger partial charge in [-0.3, -0.25) is 0 Å². The Hall–Kier alpha value is -3.26. The molecule has 0 radical (unpaired) electrons. The summed E-state index contributed by atoms with van der Waals surface area (Å²) in [4.78, 5) is 8.51. The van der Waals surface area contributed by atoms with Crippen LogP contribution in [0.5, 0.6) is 5.75 Å². The molecule has 8 heteroatoms. The van der Waals surface area contributed by atoms with Crippen molar-refractivity contribution in [2.45, 2.75) is 4.90 Å². The van der Waals surface area contributed by atoms with Gasteiger partial charge in [-0.15, -0.1) is 0 Å². The van der Waals surface area contributed by atoms with Crippen LogP contribution in [0.15, 0.2) is 72.0 Å². The Balaban J connectivity index is 1.96. The molecule has 2 heterocycles. The van der Waals surface area contributed by atoms with Crippen molar-refractivity contribution < 1.29 is 17.5 Å². The zero-order valence-electron chi connectivity index (χ0n) is 14.2. The van der Waals surface area contributed by atoms with E-state index in [1.54, 1.807) is 24.3 Å². The molecule has 27 heavy (non-hydrogen) atoms. The average Bonchev–Trinajstić information content (AvgIpc) is 3.13. The van der Waals surface area contributed by atoms with Crippen LogP contribution in [0.3, 0.4) is 0 Å². The van der Waals surface area contributed by atoms with E-state index in [-0.39, 0.29) is 10.5 Å². The molecule has 6 nitrogen and oxygen atoms in total. The first-order valence-corrected chi connectivity index (χ1v) is 9.43. The summed E-state index contributed by atoms with van der Waals surface area (Å²) in [5.41, 5.74) is 1.01. The van der Waals surface area contributed by atoms with Gasteiger partial charge in [0.15, 0.2) is 5.65 Å². The second-order valence-electron chi connectivity index (χ2n) is 5.73. The monoisotopic (exact) mass is 383 g/mol. The van der Waals surface area contributed by atoms with Crippen LogP contribution in [0.1, 0.15) is 0 Å². The van der Waals surface area contributed by atoms with E-state index in [1.165, 1.54) is 50.0 Å². The number of fused-ring (bicyclic) bond motifs is 1. The Kier molecular flexibility index (Phi) is 4.12. The smallest absolute Gasteiger partial charge is 0.269 e. The van der Waals surface area contributed by atoms with E-state index in [0.717, 1.165) is 3.97 Å². The first kappa shape index (κ1) is 17.2. The zero-order valence-corrected chi connectivity index (χ0v) is 15.0. The number of nitrogens with zero attached hydrogens (tertiary/aromatic N) is 3. The molecule has 136 valence electrons. The molecular weight excluding hydrogens is 369 g/mol. The molecule has 0 saturated heterocycles. The summed E-state index contributed by atoms with van der Waals surface area (Å²) < 4.78 is 46.1. The SMILES string of the molecule is COc1ccc(F)cc1-c1ncnc2c1ccn2S(=O)(=O)c1ccccc1. The molecule has 0 atom stereocenters. The van der Waals surface area contributed by atoms with Gasteiger partial charge in [0.05, 0.1) is 17.7 Å². The average molecular weight is 383 g/mol. The van der Waals surface area contributed by atoms with Gasteiger partial charge in [-0.1, -0.05) is 18.2 Å².